The molecule has 90 valence electrons. The molecule has 1 heterocycles. The van der Waals surface area contributed by atoms with Crippen LogP contribution in [0.4, 0.5) is 0 Å². The van der Waals surface area contributed by atoms with Gasteiger partial charge in [-0.3, -0.25) is 0 Å². The van der Waals surface area contributed by atoms with Gasteiger partial charge in [-0.2, -0.15) is 15.0 Å². The molecule has 0 amide bonds. The fraction of sp³-hybridized carbons (Fsp3) is 0.667. The average molecular weight is 264 g/mol. The largest absolute Gasteiger partial charge is 0.463 e. The second-order valence-electron chi connectivity index (χ2n) is 3.13. The van der Waals surface area contributed by atoms with Crippen molar-refractivity contribution in [3.8, 4) is 6.01 Å². The normalized spacial score (nSPS) is 12.5. The molecule has 1 N–H and O–H groups in total. The summed E-state index contributed by atoms with van der Waals surface area (Å²) < 4.78 is 5.27. The second-order valence-corrected chi connectivity index (χ2v) is 4.87. The van der Waals surface area contributed by atoms with Crippen LogP contribution in [0.1, 0.15) is 20.3 Å². The van der Waals surface area contributed by atoms with Crippen molar-refractivity contribution in [2.45, 2.75) is 30.7 Å². The van der Waals surface area contributed by atoms with Gasteiger partial charge >= 0.3 is 6.01 Å². The number of hydrogen-bond acceptors (Lipinski definition) is 6. The maximum Gasteiger partial charge on any atom is 0.321 e. The molecule has 0 saturated heterocycles. The number of aliphatic hydroxyl groups excluding tert-OH is 1. The number of rotatable bonds is 6. The minimum atomic E-state index is 0.0116. The standard InChI is InChI=1S/C9H14ClN3O2S/c1-3-4-15-8-11-7(10)12-9(13-8)16-6(2)5-14/h6,14H,3-5H2,1-2H3. The number of nitrogens with zero attached hydrogens (tertiary/aromatic N) is 3. The second kappa shape index (κ2) is 6.88. The van der Waals surface area contributed by atoms with Gasteiger partial charge in [0.05, 0.1) is 13.2 Å². The van der Waals surface area contributed by atoms with Gasteiger partial charge in [0.1, 0.15) is 0 Å². The lowest BCUT2D eigenvalue weighted by Gasteiger charge is -2.07. The number of halogens is 1. The van der Waals surface area contributed by atoms with Gasteiger partial charge in [-0.05, 0) is 18.0 Å². The fourth-order valence-electron chi connectivity index (χ4n) is 0.842. The van der Waals surface area contributed by atoms with E-state index in [2.05, 4.69) is 15.0 Å². The molecule has 0 spiro atoms. The van der Waals surface area contributed by atoms with Gasteiger partial charge in [0.15, 0.2) is 5.16 Å². The molecule has 7 heteroatoms. The van der Waals surface area contributed by atoms with Crippen LogP contribution in [0.5, 0.6) is 6.01 Å². The highest BCUT2D eigenvalue weighted by atomic mass is 35.5. The van der Waals surface area contributed by atoms with Crippen LogP contribution in [0.25, 0.3) is 0 Å². The Bertz CT molecular complexity index is 341. The van der Waals surface area contributed by atoms with Gasteiger partial charge in [0, 0.05) is 5.25 Å². The number of hydrogen-bond donors (Lipinski definition) is 1. The SMILES string of the molecule is CCCOc1nc(Cl)nc(SC(C)CO)n1. The highest BCUT2D eigenvalue weighted by Crippen LogP contribution is 2.21. The Kier molecular flexibility index (Phi) is 5.79. The molecule has 0 fully saturated rings. The molecular weight excluding hydrogens is 250 g/mol. The molecular formula is C9H14ClN3O2S. The Morgan fingerprint density at radius 1 is 1.44 bits per heavy atom. The first-order chi connectivity index (χ1) is 7.65. The van der Waals surface area contributed by atoms with Crippen LogP contribution in [-0.4, -0.2) is 38.5 Å². The topological polar surface area (TPSA) is 68.1 Å². The molecule has 0 saturated carbocycles. The lowest BCUT2D eigenvalue weighted by molar-refractivity contribution is 0.287. The van der Waals surface area contributed by atoms with E-state index in [0.29, 0.717) is 11.8 Å². The highest BCUT2D eigenvalue weighted by molar-refractivity contribution is 7.99. The lowest BCUT2D eigenvalue weighted by Crippen LogP contribution is -2.06. The predicted molar refractivity (Wildman–Crippen MR) is 63.0 cm³/mol. The molecule has 1 rings (SSSR count). The summed E-state index contributed by atoms with van der Waals surface area (Å²) in [5.74, 6) is 0. The fourth-order valence-corrected chi connectivity index (χ4v) is 1.75. The summed E-state index contributed by atoms with van der Waals surface area (Å²) in [6, 6.07) is 0.231. The van der Waals surface area contributed by atoms with E-state index < -0.39 is 0 Å². The minimum Gasteiger partial charge on any atom is -0.463 e. The van der Waals surface area contributed by atoms with Gasteiger partial charge < -0.3 is 9.84 Å². The smallest absolute Gasteiger partial charge is 0.321 e. The summed E-state index contributed by atoms with van der Waals surface area (Å²) in [6.45, 7) is 4.46. The Balaban J connectivity index is 2.73. The predicted octanol–water partition coefficient (Wildman–Crippen LogP) is 1.79. The van der Waals surface area contributed by atoms with E-state index in [1.54, 1.807) is 0 Å². The lowest BCUT2D eigenvalue weighted by atomic mass is 10.5. The summed E-state index contributed by atoms with van der Waals surface area (Å²) in [5.41, 5.74) is 0. The summed E-state index contributed by atoms with van der Waals surface area (Å²) in [7, 11) is 0. The van der Waals surface area contributed by atoms with Crippen LogP contribution in [0.15, 0.2) is 5.16 Å². The van der Waals surface area contributed by atoms with E-state index in [0.717, 1.165) is 6.42 Å². The molecule has 1 aromatic heterocycles. The zero-order valence-corrected chi connectivity index (χ0v) is 10.8. The van der Waals surface area contributed by atoms with E-state index in [9.17, 15) is 0 Å². The molecule has 1 atom stereocenters. The number of ether oxygens (including phenoxy) is 1. The van der Waals surface area contributed by atoms with Crippen molar-refractivity contribution in [1.82, 2.24) is 15.0 Å². The van der Waals surface area contributed by atoms with Gasteiger partial charge in [0.25, 0.3) is 0 Å². The van der Waals surface area contributed by atoms with Gasteiger partial charge in [-0.15, -0.1) is 0 Å². The first-order valence-electron chi connectivity index (χ1n) is 4.97. The maximum absolute atomic E-state index is 8.92. The molecule has 0 aliphatic rings. The summed E-state index contributed by atoms with van der Waals surface area (Å²) >= 11 is 7.07. The first-order valence-corrected chi connectivity index (χ1v) is 6.23. The van der Waals surface area contributed by atoms with E-state index >= 15 is 0 Å². The van der Waals surface area contributed by atoms with Crippen LogP contribution in [0.3, 0.4) is 0 Å². The maximum atomic E-state index is 8.92. The molecule has 0 bridgehead atoms. The molecule has 0 aromatic carbocycles. The third kappa shape index (κ3) is 4.51. The molecule has 16 heavy (non-hydrogen) atoms. The van der Waals surface area contributed by atoms with Crippen LogP contribution in [-0.2, 0) is 0 Å². The Hall–Kier alpha value is -0.590. The van der Waals surface area contributed by atoms with E-state index in [1.165, 1.54) is 11.8 Å². The molecule has 0 radical (unpaired) electrons. The van der Waals surface area contributed by atoms with Crippen LogP contribution in [0, 0.1) is 0 Å². The number of thioether (sulfide) groups is 1. The van der Waals surface area contributed by atoms with Crippen molar-refractivity contribution < 1.29 is 9.84 Å². The molecule has 1 unspecified atom stereocenters. The van der Waals surface area contributed by atoms with Gasteiger partial charge in [0.2, 0.25) is 5.28 Å². The third-order valence-corrected chi connectivity index (χ3v) is 2.68. The highest BCUT2D eigenvalue weighted by Gasteiger charge is 2.10. The molecule has 0 aliphatic carbocycles. The summed E-state index contributed by atoms with van der Waals surface area (Å²) in [6.07, 6.45) is 0.874. The minimum absolute atomic E-state index is 0.0116. The van der Waals surface area contributed by atoms with Crippen molar-refractivity contribution in [2.24, 2.45) is 0 Å². The van der Waals surface area contributed by atoms with Crippen molar-refractivity contribution in [2.75, 3.05) is 13.2 Å². The zero-order valence-electron chi connectivity index (χ0n) is 9.18. The Labute approximate surface area is 104 Å². The quantitative estimate of drug-likeness (QED) is 0.789. The third-order valence-electron chi connectivity index (χ3n) is 1.57. The zero-order chi connectivity index (χ0) is 12.0. The van der Waals surface area contributed by atoms with Crippen LogP contribution in [0.2, 0.25) is 5.28 Å². The average Bonchev–Trinajstić information content (AvgIpc) is 2.25. The van der Waals surface area contributed by atoms with Gasteiger partial charge in [-0.1, -0.05) is 25.6 Å². The van der Waals surface area contributed by atoms with E-state index in [-0.39, 0.29) is 23.2 Å². The van der Waals surface area contributed by atoms with Crippen LogP contribution >= 0.6 is 23.4 Å². The van der Waals surface area contributed by atoms with E-state index in [1.807, 2.05) is 13.8 Å². The van der Waals surface area contributed by atoms with E-state index in [4.69, 9.17) is 21.4 Å². The summed E-state index contributed by atoms with van der Waals surface area (Å²) in [5, 5.41) is 9.50. The van der Waals surface area contributed by atoms with Crippen molar-refractivity contribution in [3.05, 3.63) is 5.28 Å². The number of aliphatic hydroxyl groups is 1. The van der Waals surface area contributed by atoms with Crippen molar-refractivity contribution >= 4 is 23.4 Å². The first kappa shape index (κ1) is 13.5. The number of aromatic nitrogens is 3. The molecule has 1 aromatic rings. The van der Waals surface area contributed by atoms with Crippen molar-refractivity contribution in [1.29, 1.82) is 0 Å². The molecule has 0 aliphatic heterocycles. The van der Waals surface area contributed by atoms with Gasteiger partial charge in [-0.25, -0.2) is 0 Å². The van der Waals surface area contributed by atoms with Crippen molar-refractivity contribution in [3.63, 3.8) is 0 Å². The Morgan fingerprint density at radius 2 is 2.19 bits per heavy atom. The van der Waals surface area contributed by atoms with Crippen LogP contribution < -0.4 is 4.74 Å². The Morgan fingerprint density at radius 3 is 2.81 bits per heavy atom. The summed E-state index contributed by atoms with van der Waals surface area (Å²) in [4.78, 5) is 11.9. The molecule has 5 nitrogen and oxygen atoms in total. The monoisotopic (exact) mass is 263 g/mol.